The Hall–Kier alpha value is -2.48. The summed E-state index contributed by atoms with van der Waals surface area (Å²) in [6.07, 6.45) is 2.34. The highest BCUT2D eigenvalue weighted by Crippen LogP contribution is 2.23. The highest BCUT2D eigenvalue weighted by Gasteiger charge is 2.29. The van der Waals surface area contributed by atoms with E-state index in [4.69, 9.17) is 0 Å². The summed E-state index contributed by atoms with van der Waals surface area (Å²) in [5, 5.41) is 6.37. The van der Waals surface area contributed by atoms with Crippen molar-refractivity contribution in [3.8, 4) is 0 Å². The van der Waals surface area contributed by atoms with Gasteiger partial charge in [0.15, 0.2) is 0 Å². The van der Waals surface area contributed by atoms with Crippen molar-refractivity contribution in [2.45, 2.75) is 32.9 Å². The van der Waals surface area contributed by atoms with E-state index in [1.165, 1.54) is 22.2 Å². The number of likely N-dealkylation sites (tertiary alicyclic amines) is 1. The van der Waals surface area contributed by atoms with Crippen LogP contribution >= 0.6 is 11.3 Å². The van der Waals surface area contributed by atoms with Crippen LogP contribution in [0.25, 0.3) is 10.2 Å². The summed E-state index contributed by atoms with van der Waals surface area (Å²) < 4.78 is 4.00. The first-order valence-electron chi connectivity index (χ1n) is 8.26. The molecular formula is C17H19N5O2S. The maximum atomic E-state index is 12.6. The van der Waals surface area contributed by atoms with Gasteiger partial charge >= 0.3 is 0 Å². The fraction of sp³-hybridized carbons (Fsp3) is 0.412. The van der Waals surface area contributed by atoms with Gasteiger partial charge in [0.1, 0.15) is 11.2 Å². The molecule has 8 heteroatoms. The third-order valence-electron chi connectivity index (χ3n) is 4.65. The fourth-order valence-corrected chi connectivity index (χ4v) is 4.21. The van der Waals surface area contributed by atoms with E-state index in [0.717, 1.165) is 17.8 Å². The van der Waals surface area contributed by atoms with Gasteiger partial charge < -0.3 is 4.90 Å². The average Bonchev–Trinajstić information content (AvgIpc) is 3.29. The molecule has 0 aliphatic carbocycles. The van der Waals surface area contributed by atoms with Gasteiger partial charge in [0, 0.05) is 18.8 Å². The molecular weight excluding hydrogens is 338 g/mol. The van der Waals surface area contributed by atoms with Crippen LogP contribution in [0.4, 0.5) is 0 Å². The van der Waals surface area contributed by atoms with Crippen LogP contribution in [0.15, 0.2) is 28.6 Å². The molecule has 0 radical (unpaired) electrons. The lowest BCUT2D eigenvalue weighted by Gasteiger charge is -2.18. The molecule has 25 heavy (non-hydrogen) atoms. The van der Waals surface area contributed by atoms with E-state index in [1.54, 1.807) is 0 Å². The van der Waals surface area contributed by atoms with Crippen molar-refractivity contribution >= 4 is 27.5 Å². The fourth-order valence-electron chi connectivity index (χ4n) is 3.42. The zero-order valence-corrected chi connectivity index (χ0v) is 15.0. The molecule has 4 rings (SSSR count). The Bertz CT molecular complexity index is 1000. The van der Waals surface area contributed by atoms with Crippen molar-refractivity contribution in [2.24, 2.45) is 0 Å². The molecule has 0 unspecified atom stereocenters. The lowest BCUT2D eigenvalue weighted by Crippen LogP contribution is -2.35. The van der Waals surface area contributed by atoms with Crippen molar-refractivity contribution in [1.82, 2.24) is 24.2 Å². The predicted molar refractivity (Wildman–Crippen MR) is 95.8 cm³/mol. The number of hydrogen-bond donors (Lipinski definition) is 0. The highest BCUT2D eigenvalue weighted by molar-refractivity contribution is 7.17. The number of carbonyl (C=O) groups is 1. The van der Waals surface area contributed by atoms with Gasteiger partial charge in [-0.05, 0) is 37.8 Å². The molecule has 7 nitrogen and oxygen atoms in total. The number of aryl methyl sites for hydroxylation is 2. The van der Waals surface area contributed by atoms with Crippen molar-refractivity contribution in [3.05, 3.63) is 45.6 Å². The maximum absolute atomic E-state index is 12.6. The first-order valence-corrected chi connectivity index (χ1v) is 9.14. The van der Waals surface area contributed by atoms with Crippen molar-refractivity contribution in [1.29, 1.82) is 0 Å². The van der Waals surface area contributed by atoms with E-state index in [2.05, 4.69) is 10.1 Å². The monoisotopic (exact) mass is 357 g/mol. The van der Waals surface area contributed by atoms with Gasteiger partial charge in [-0.25, -0.2) is 4.98 Å². The predicted octanol–water partition coefficient (Wildman–Crippen LogP) is 1.74. The molecule has 0 spiro atoms. The smallest absolute Gasteiger partial charge is 0.271 e. The van der Waals surface area contributed by atoms with Gasteiger partial charge in [-0.2, -0.15) is 5.10 Å². The van der Waals surface area contributed by atoms with Crippen molar-refractivity contribution < 1.29 is 4.79 Å². The normalized spacial score (nSPS) is 17.5. The van der Waals surface area contributed by atoms with Crippen molar-refractivity contribution in [2.75, 3.05) is 13.1 Å². The number of rotatable bonds is 3. The van der Waals surface area contributed by atoms with Gasteiger partial charge in [-0.1, -0.05) is 0 Å². The van der Waals surface area contributed by atoms with E-state index >= 15 is 0 Å². The SMILES string of the molecule is Cc1cc(C)n([C@@H]2CCN(C(=O)Cn3cnc4ccsc4c3=O)C2)n1. The molecule has 1 fully saturated rings. The Labute approximate surface area is 148 Å². The van der Waals surface area contributed by atoms with Crippen LogP contribution in [0.1, 0.15) is 23.9 Å². The van der Waals surface area contributed by atoms with Crippen LogP contribution < -0.4 is 5.56 Å². The molecule has 4 heterocycles. The van der Waals surface area contributed by atoms with E-state index in [9.17, 15) is 9.59 Å². The summed E-state index contributed by atoms with van der Waals surface area (Å²) >= 11 is 1.36. The Balaban J connectivity index is 1.49. The van der Waals surface area contributed by atoms with Gasteiger partial charge in [-0.3, -0.25) is 18.8 Å². The molecule has 0 bridgehead atoms. The van der Waals surface area contributed by atoms with Crippen LogP contribution in [0.2, 0.25) is 0 Å². The molecule has 1 amide bonds. The van der Waals surface area contributed by atoms with Gasteiger partial charge in [-0.15, -0.1) is 11.3 Å². The second-order valence-electron chi connectivity index (χ2n) is 6.47. The topological polar surface area (TPSA) is 73.0 Å². The van der Waals surface area contributed by atoms with E-state index < -0.39 is 0 Å². The van der Waals surface area contributed by atoms with Crippen LogP contribution in [0.3, 0.4) is 0 Å². The number of thiophene rings is 1. The van der Waals surface area contributed by atoms with Crippen LogP contribution in [-0.4, -0.2) is 43.2 Å². The standard InChI is InChI=1S/C17H19N5O2S/c1-11-7-12(2)22(19-11)13-3-5-20(8-13)15(23)9-21-10-18-14-4-6-25-16(14)17(21)24/h4,6-7,10,13H,3,5,8-9H2,1-2H3/t13-/m1/s1. The maximum Gasteiger partial charge on any atom is 0.271 e. The summed E-state index contributed by atoms with van der Waals surface area (Å²) in [7, 11) is 0. The summed E-state index contributed by atoms with van der Waals surface area (Å²) in [6, 6.07) is 4.06. The molecule has 0 aromatic carbocycles. The molecule has 1 aliphatic rings. The molecule has 0 saturated carbocycles. The average molecular weight is 357 g/mol. The second-order valence-corrected chi connectivity index (χ2v) is 7.38. The Kier molecular flexibility index (Phi) is 3.91. The second kappa shape index (κ2) is 6.11. The number of fused-ring (bicyclic) bond motifs is 1. The lowest BCUT2D eigenvalue weighted by molar-refractivity contribution is -0.130. The third kappa shape index (κ3) is 2.86. The quantitative estimate of drug-likeness (QED) is 0.716. The number of nitrogens with zero attached hydrogens (tertiary/aromatic N) is 5. The number of hydrogen-bond acceptors (Lipinski definition) is 5. The zero-order chi connectivity index (χ0) is 17.6. The number of amides is 1. The molecule has 130 valence electrons. The van der Waals surface area contributed by atoms with Crippen LogP contribution in [0.5, 0.6) is 0 Å². The first-order chi connectivity index (χ1) is 12.0. The minimum atomic E-state index is -0.150. The van der Waals surface area contributed by atoms with Gasteiger partial charge in [0.05, 0.1) is 23.6 Å². The number of carbonyl (C=O) groups excluding carboxylic acids is 1. The van der Waals surface area contributed by atoms with Crippen LogP contribution in [0, 0.1) is 13.8 Å². The molecule has 3 aromatic rings. The summed E-state index contributed by atoms with van der Waals surface area (Å²) in [5.41, 5.74) is 2.64. The van der Waals surface area contributed by atoms with Gasteiger partial charge in [0.25, 0.3) is 5.56 Å². The molecule has 0 N–H and O–H groups in total. The summed E-state index contributed by atoms with van der Waals surface area (Å²) in [4.78, 5) is 31.1. The highest BCUT2D eigenvalue weighted by atomic mass is 32.1. The number of aromatic nitrogens is 4. The summed E-state index contributed by atoms with van der Waals surface area (Å²) in [5.74, 6) is -0.0520. The molecule has 3 aromatic heterocycles. The lowest BCUT2D eigenvalue weighted by atomic mass is 10.2. The molecule has 1 aliphatic heterocycles. The van der Waals surface area contributed by atoms with E-state index in [1.807, 2.05) is 40.9 Å². The largest absolute Gasteiger partial charge is 0.339 e. The Morgan fingerprint density at radius 3 is 3.00 bits per heavy atom. The van der Waals surface area contributed by atoms with Crippen LogP contribution in [-0.2, 0) is 11.3 Å². The third-order valence-corrected chi connectivity index (χ3v) is 5.54. The minimum Gasteiger partial charge on any atom is -0.339 e. The summed E-state index contributed by atoms with van der Waals surface area (Å²) in [6.45, 7) is 5.35. The van der Waals surface area contributed by atoms with Gasteiger partial charge in [0.2, 0.25) is 5.91 Å². The van der Waals surface area contributed by atoms with E-state index in [0.29, 0.717) is 23.3 Å². The Morgan fingerprint density at radius 2 is 2.24 bits per heavy atom. The first kappa shape index (κ1) is 16.0. The van der Waals surface area contributed by atoms with Crippen molar-refractivity contribution in [3.63, 3.8) is 0 Å². The zero-order valence-electron chi connectivity index (χ0n) is 14.2. The molecule has 1 saturated heterocycles. The Morgan fingerprint density at radius 1 is 1.40 bits per heavy atom. The molecule has 1 atom stereocenters. The minimum absolute atomic E-state index is 0.0313. The van der Waals surface area contributed by atoms with E-state index in [-0.39, 0.29) is 24.1 Å².